The third-order valence-electron chi connectivity index (χ3n) is 4.13. The van der Waals surface area contributed by atoms with E-state index in [2.05, 4.69) is 4.98 Å². The van der Waals surface area contributed by atoms with Gasteiger partial charge in [0.25, 0.3) is 0 Å². The van der Waals surface area contributed by atoms with Crippen LogP contribution in [0, 0.1) is 11.3 Å². The van der Waals surface area contributed by atoms with Crippen LogP contribution in [0.2, 0.25) is 0 Å². The van der Waals surface area contributed by atoms with Gasteiger partial charge in [0.15, 0.2) is 5.69 Å². The Balaban J connectivity index is 1.93. The number of esters is 1. The molecule has 3 rings (SSSR count). The van der Waals surface area contributed by atoms with Crippen molar-refractivity contribution in [3.05, 3.63) is 77.4 Å². The van der Waals surface area contributed by atoms with Crippen LogP contribution in [0.4, 0.5) is 5.69 Å². The van der Waals surface area contributed by atoms with E-state index in [1.165, 1.54) is 7.11 Å². The quantitative estimate of drug-likeness (QED) is 0.717. The summed E-state index contributed by atoms with van der Waals surface area (Å²) in [6, 6.07) is 15.6. The van der Waals surface area contributed by atoms with Crippen LogP contribution in [0.3, 0.4) is 0 Å². The predicted molar refractivity (Wildman–Crippen MR) is 97.9 cm³/mol. The number of hydrogen-bond acceptors (Lipinski definition) is 5. The fraction of sp³-hybridized carbons (Fsp3) is 0.150. The molecule has 0 saturated heterocycles. The summed E-state index contributed by atoms with van der Waals surface area (Å²) in [5, 5.41) is 9.22. The Bertz CT molecular complexity index is 971. The molecule has 0 amide bonds. The third kappa shape index (κ3) is 3.42. The number of hydrogen-bond donors (Lipinski definition) is 1. The second-order valence-electron chi connectivity index (χ2n) is 5.77. The van der Waals surface area contributed by atoms with Gasteiger partial charge in [0.2, 0.25) is 0 Å². The first-order valence-electron chi connectivity index (χ1n) is 8.12. The summed E-state index contributed by atoms with van der Waals surface area (Å²) in [5.74, 6) is -0.581. The molecule has 3 aromatic rings. The molecular formula is C20H18N4O2. The number of aryl methyl sites for hydroxylation is 2. The minimum atomic E-state index is -0.581. The number of benzene rings is 1. The zero-order valence-electron chi connectivity index (χ0n) is 14.3. The van der Waals surface area contributed by atoms with E-state index >= 15 is 0 Å². The minimum absolute atomic E-state index is 0.123. The van der Waals surface area contributed by atoms with Crippen LogP contribution in [0.25, 0.3) is 5.69 Å². The van der Waals surface area contributed by atoms with Crippen molar-refractivity contribution in [1.82, 2.24) is 9.55 Å². The minimum Gasteiger partial charge on any atom is -0.464 e. The van der Waals surface area contributed by atoms with Gasteiger partial charge in [-0.25, -0.2) is 4.79 Å². The van der Waals surface area contributed by atoms with Gasteiger partial charge >= 0.3 is 5.97 Å². The zero-order chi connectivity index (χ0) is 18.5. The van der Waals surface area contributed by atoms with Crippen LogP contribution in [-0.4, -0.2) is 22.6 Å². The first kappa shape index (κ1) is 17.2. The molecular weight excluding hydrogens is 328 g/mol. The predicted octanol–water partition coefficient (Wildman–Crippen LogP) is 2.90. The highest BCUT2D eigenvalue weighted by Gasteiger charge is 2.21. The van der Waals surface area contributed by atoms with Crippen molar-refractivity contribution in [2.24, 2.45) is 0 Å². The molecule has 0 aliphatic rings. The van der Waals surface area contributed by atoms with E-state index in [1.54, 1.807) is 17.0 Å². The highest BCUT2D eigenvalue weighted by atomic mass is 16.5. The van der Waals surface area contributed by atoms with Gasteiger partial charge in [-0.15, -0.1) is 0 Å². The van der Waals surface area contributed by atoms with Gasteiger partial charge in [-0.05, 0) is 42.7 Å². The molecule has 0 fully saturated rings. The van der Waals surface area contributed by atoms with E-state index in [0.717, 1.165) is 29.8 Å². The number of rotatable bonds is 5. The lowest BCUT2D eigenvalue weighted by Gasteiger charge is -2.10. The highest BCUT2D eigenvalue weighted by Crippen LogP contribution is 2.25. The number of aromatic nitrogens is 2. The van der Waals surface area contributed by atoms with Crippen molar-refractivity contribution >= 4 is 11.7 Å². The average Bonchev–Trinajstić information content (AvgIpc) is 3.03. The number of ether oxygens (including phenoxy) is 1. The van der Waals surface area contributed by atoms with Crippen LogP contribution < -0.4 is 5.73 Å². The van der Waals surface area contributed by atoms with E-state index in [0.29, 0.717) is 0 Å². The van der Waals surface area contributed by atoms with Gasteiger partial charge in [-0.2, -0.15) is 5.26 Å². The normalized spacial score (nSPS) is 10.3. The summed E-state index contributed by atoms with van der Waals surface area (Å²) in [6.45, 7) is 0. The molecule has 0 bridgehead atoms. The molecule has 130 valence electrons. The summed E-state index contributed by atoms with van der Waals surface area (Å²) in [5.41, 5.74) is 9.33. The van der Waals surface area contributed by atoms with Crippen LogP contribution in [0.5, 0.6) is 0 Å². The maximum absolute atomic E-state index is 12.1. The molecule has 0 aliphatic heterocycles. The average molecular weight is 346 g/mol. The summed E-state index contributed by atoms with van der Waals surface area (Å²) in [6.07, 6.45) is 4.95. The van der Waals surface area contributed by atoms with Crippen LogP contribution in [-0.2, 0) is 17.6 Å². The zero-order valence-corrected chi connectivity index (χ0v) is 14.3. The summed E-state index contributed by atoms with van der Waals surface area (Å²) in [7, 11) is 1.29. The van der Waals surface area contributed by atoms with Gasteiger partial charge in [-0.3, -0.25) is 4.98 Å². The smallest absolute Gasteiger partial charge is 0.357 e. The van der Waals surface area contributed by atoms with E-state index in [4.69, 9.17) is 10.5 Å². The largest absolute Gasteiger partial charge is 0.464 e. The Morgan fingerprint density at radius 2 is 2.12 bits per heavy atom. The molecule has 1 aromatic carbocycles. The molecule has 2 aromatic heterocycles. The first-order valence-corrected chi connectivity index (χ1v) is 8.12. The number of nitriles is 1. The van der Waals surface area contributed by atoms with E-state index < -0.39 is 5.97 Å². The SMILES string of the molecule is COC(=O)c1c(N)c(C#N)cn1-c1cccc(CCc2ccccn2)c1. The number of methoxy groups -OCH3 is 1. The maximum Gasteiger partial charge on any atom is 0.357 e. The van der Waals surface area contributed by atoms with Crippen LogP contribution in [0.15, 0.2) is 54.9 Å². The Morgan fingerprint density at radius 3 is 2.81 bits per heavy atom. The molecule has 0 spiro atoms. The molecule has 6 nitrogen and oxygen atoms in total. The summed E-state index contributed by atoms with van der Waals surface area (Å²) < 4.78 is 6.42. The second kappa shape index (κ2) is 7.53. The number of nitrogens with two attached hydrogens (primary N) is 1. The lowest BCUT2D eigenvalue weighted by molar-refractivity contribution is 0.0593. The summed E-state index contributed by atoms with van der Waals surface area (Å²) in [4.78, 5) is 16.4. The van der Waals surface area contributed by atoms with Crippen LogP contribution in [0.1, 0.15) is 27.3 Å². The number of pyridine rings is 1. The van der Waals surface area contributed by atoms with Gasteiger partial charge in [0, 0.05) is 23.8 Å². The molecule has 0 saturated carbocycles. The van der Waals surface area contributed by atoms with Crippen molar-refractivity contribution in [2.75, 3.05) is 12.8 Å². The van der Waals surface area contributed by atoms with E-state index in [9.17, 15) is 10.1 Å². The van der Waals surface area contributed by atoms with Crippen molar-refractivity contribution in [3.8, 4) is 11.8 Å². The number of carbonyl (C=O) groups is 1. The van der Waals surface area contributed by atoms with Crippen molar-refractivity contribution in [3.63, 3.8) is 0 Å². The second-order valence-corrected chi connectivity index (χ2v) is 5.77. The van der Waals surface area contributed by atoms with E-state index in [-0.39, 0.29) is 16.9 Å². The molecule has 0 unspecified atom stereocenters. The van der Waals surface area contributed by atoms with Gasteiger partial charge in [0.1, 0.15) is 6.07 Å². The standard InChI is InChI=1S/C20H18N4O2/c1-26-20(25)19-18(22)15(12-21)13-24(19)17-7-4-5-14(11-17)8-9-16-6-2-3-10-23-16/h2-7,10-11,13H,8-9,22H2,1H3. The third-order valence-corrected chi connectivity index (χ3v) is 4.13. The lowest BCUT2D eigenvalue weighted by atomic mass is 10.1. The Hall–Kier alpha value is -3.59. The molecule has 26 heavy (non-hydrogen) atoms. The fourth-order valence-corrected chi connectivity index (χ4v) is 2.80. The summed E-state index contributed by atoms with van der Waals surface area (Å²) >= 11 is 0. The fourth-order valence-electron chi connectivity index (χ4n) is 2.80. The number of nitrogens with zero attached hydrogens (tertiary/aromatic N) is 3. The molecule has 2 heterocycles. The Kier molecular flexibility index (Phi) is 4.99. The Morgan fingerprint density at radius 1 is 1.27 bits per heavy atom. The van der Waals surface area contributed by atoms with Gasteiger partial charge < -0.3 is 15.0 Å². The molecule has 2 N–H and O–H groups in total. The van der Waals surface area contributed by atoms with Gasteiger partial charge in [-0.1, -0.05) is 18.2 Å². The number of carbonyl (C=O) groups excluding carboxylic acids is 1. The molecule has 0 aliphatic carbocycles. The highest BCUT2D eigenvalue weighted by molar-refractivity contribution is 5.95. The Labute approximate surface area is 151 Å². The molecule has 0 atom stereocenters. The molecule has 6 heteroatoms. The monoisotopic (exact) mass is 346 g/mol. The van der Waals surface area contributed by atoms with Crippen LogP contribution >= 0.6 is 0 Å². The number of anilines is 1. The maximum atomic E-state index is 12.1. The number of nitrogen functional groups attached to an aromatic ring is 1. The van der Waals surface area contributed by atoms with E-state index in [1.807, 2.05) is 48.5 Å². The van der Waals surface area contributed by atoms with Crippen molar-refractivity contribution in [2.45, 2.75) is 12.8 Å². The van der Waals surface area contributed by atoms with Crippen molar-refractivity contribution in [1.29, 1.82) is 5.26 Å². The topological polar surface area (TPSA) is 93.9 Å². The lowest BCUT2D eigenvalue weighted by Crippen LogP contribution is -2.11. The first-order chi connectivity index (χ1) is 12.6. The van der Waals surface area contributed by atoms with Crippen molar-refractivity contribution < 1.29 is 9.53 Å². The molecule has 0 radical (unpaired) electrons. The van der Waals surface area contributed by atoms with Gasteiger partial charge in [0.05, 0.1) is 18.4 Å².